The lowest BCUT2D eigenvalue weighted by molar-refractivity contribution is 0.177. The smallest absolute Gasteiger partial charge is 0.135 e. The van der Waals surface area contributed by atoms with E-state index in [1.165, 1.54) is 0 Å². The molecule has 0 amide bonds. The van der Waals surface area contributed by atoms with Gasteiger partial charge in [-0.2, -0.15) is 0 Å². The van der Waals surface area contributed by atoms with Gasteiger partial charge in [0.25, 0.3) is 0 Å². The Bertz CT molecular complexity index is 84.3. The van der Waals surface area contributed by atoms with E-state index in [1.54, 1.807) is 0 Å². The lowest BCUT2D eigenvalue weighted by atomic mass is 10.4. The van der Waals surface area contributed by atoms with Gasteiger partial charge in [-0.05, 0) is 6.08 Å². The fourth-order valence-corrected chi connectivity index (χ4v) is 0.367. The summed E-state index contributed by atoms with van der Waals surface area (Å²) in [5.41, 5.74) is 0. The average Bonchev–Trinajstić information content (AvgIpc) is 1.90. The van der Waals surface area contributed by atoms with E-state index >= 15 is 0 Å². The second kappa shape index (κ2) is 2.39. The Labute approximate surface area is 42.5 Å². The Hall–Kier alpha value is -0.790. The molecule has 2 heteroatoms. The van der Waals surface area contributed by atoms with Gasteiger partial charge in [0.05, 0.1) is 0 Å². The molecule has 37 valence electrons. The van der Waals surface area contributed by atoms with Crippen molar-refractivity contribution in [3.63, 3.8) is 0 Å². The van der Waals surface area contributed by atoms with Crippen molar-refractivity contribution in [2.45, 2.75) is 6.42 Å². The molecule has 0 aromatic rings. The third-order valence-electron chi connectivity index (χ3n) is 0.676. The van der Waals surface area contributed by atoms with E-state index < -0.39 is 0 Å². The highest BCUT2D eigenvalue weighted by atomic mass is 16.6. The molecule has 0 unspecified atom stereocenters. The molecule has 0 saturated heterocycles. The maximum absolute atomic E-state index is 4.62. The first-order valence-electron chi connectivity index (χ1n) is 2.20. The van der Waals surface area contributed by atoms with E-state index in [9.17, 15) is 0 Å². The highest BCUT2D eigenvalue weighted by Gasteiger charge is 1.80. The molecule has 0 atom stereocenters. The Morgan fingerprint density at radius 1 is 1.57 bits per heavy atom. The number of allylic oxidation sites excluding steroid dienone is 1. The van der Waals surface area contributed by atoms with Crippen molar-refractivity contribution in [1.29, 1.82) is 0 Å². The number of hydrogen-bond acceptors (Lipinski definition) is 2. The van der Waals surface area contributed by atoms with Crippen LogP contribution in [0.4, 0.5) is 0 Å². The standard InChI is InChI=1S/C5H6NO/c1-2-4-6-7-5-3-1/h1,3H,2,5H2. The normalized spacial score (nSPS) is 18.3. The quantitative estimate of drug-likeness (QED) is 0.409. The lowest BCUT2D eigenvalue weighted by Gasteiger charge is -1.83. The summed E-state index contributed by atoms with van der Waals surface area (Å²) in [7, 11) is 0. The summed E-state index contributed by atoms with van der Waals surface area (Å²) in [6, 6.07) is 0. The molecule has 1 aliphatic rings. The monoisotopic (exact) mass is 96.0 g/mol. The van der Waals surface area contributed by atoms with Gasteiger partial charge >= 0.3 is 0 Å². The predicted molar refractivity (Wildman–Crippen MR) is 27.1 cm³/mol. The van der Waals surface area contributed by atoms with E-state index in [4.69, 9.17) is 0 Å². The maximum atomic E-state index is 4.62. The van der Waals surface area contributed by atoms with Crippen molar-refractivity contribution in [2.75, 3.05) is 6.61 Å². The van der Waals surface area contributed by atoms with E-state index in [1.807, 2.05) is 12.2 Å². The molecule has 0 aromatic carbocycles. The zero-order chi connectivity index (χ0) is 4.95. The summed E-state index contributed by atoms with van der Waals surface area (Å²) in [4.78, 5) is 4.62. The first kappa shape index (κ1) is 4.37. The van der Waals surface area contributed by atoms with Gasteiger partial charge in [-0.3, -0.25) is 0 Å². The fraction of sp³-hybridized carbons (Fsp3) is 0.400. The molecular weight excluding hydrogens is 90.1 g/mol. The van der Waals surface area contributed by atoms with Crippen LogP contribution >= 0.6 is 0 Å². The molecule has 1 aliphatic heterocycles. The van der Waals surface area contributed by atoms with Crippen molar-refractivity contribution < 1.29 is 4.84 Å². The van der Waals surface area contributed by atoms with Gasteiger partial charge in [-0.25, -0.2) is 0 Å². The van der Waals surface area contributed by atoms with Crippen LogP contribution in [-0.2, 0) is 4.84 Å². The highest BCUT2D eigenvalue weighted by molar-refractivity contribution is 5.58. The lowest BCUT2D eigenvalue weighted by Crippen LogP contribution is -1.76. The molecule has 1 radical (unpaired) electrons. The van der Waals surface area contributed by atoms with E-state index in [2.05, 4.69) is 16.2 Å². The van der Waals surface area contributed by atoms with Crippen molar-refractivity contribution in [2.24, 2.45) is 5.16 Å². The molecule has 1 rings (SSSR count). The van der Waals surface area contributed by atoms with Crippen molar-refractivity contribution in [3.8, 4) is 0 Å². The Balaban J connectivity index is 2.38. The van der Waals surface area contributed by atoms with E-state index in [-0.39, 0.29) is 0 Å². The molecule has 1 heterocycles. The molecule has 0 bridgehead atoms. The van der Waals surface area contributed by atoms with Crippen molar-refractivity contribution in [1.82, 2.24) is 0 Å². The molecule has 0 aromatic heterocycles. The minimum atomic E-state index is 0.590. The van der Waals surface area contributed by atoms with Crippen LogP contribution in [0.25, 0.3) is 0 Å². The third kappa shape index (κ3) is 1.39. The first-order chi connectivity index (χ1) is 3.50. The Morgan fingerprint density at radius 2 is 2.57 bits per heavy atom. The van der Waals surface area contributed by atoms with Gasteiger partial charge in [-0.1, -0.05) is 11.2 Å². The molecule has 0 saturated carbocycles. The molecule has 0 fully saturated rings. The van der Waals surface area contributed by atoms with Crippen molar-refractivity contribution >= 4 is 6.21 Å². The van der Waals surface area contributed by atoms with Crippen LogP contribution < -0.4 is 0 Å². The summed E-state index contributed by atoms with van der Waals surface area (Å²) in [6.45, 7) is 0.590. The van der Waals surface area contributed by atoms with E-state index in [0.717, 1.165) is 6.42 Å². The van der Waals surface area contributed by atoms with Gasteiger partial charge in [-0.15, -0.1) is 0 Å². The number of nitrogens with zero attached hydrogens (tertiary/aromatic N) is 1. The van der Waals surface area contributed by atoms with Crippen LogP contribution in [0.2, 0.25) is 0 Å². The van der Waals surface area contributed by atoms with Crippen LogP contribution in [-0.4, -0.2) is 12.8 Å². The zero-order valence-corrected chi connectivity index (χ0v) is 3.92. The van der Waals surface area contributed by atoms with Gasteiger partial charge in [0.15, 0.2) is 0 Å². The summed E-state index contributed by atoms with van der Waals surface area (Å²) < 4.78 is 0. The van der Waals surface area contributed by atoms with Gasteiger partial charge in [0, 0.05) is 6.42 Å². The molecule has 2 nitrogen and oxygen atoms in total. The Kier molecular flexibility index (Phi) is 1.50. The highest BCUT2D eigenvalue weighted by Crippen LogP contribution is 1.86. The van der Waals surface area contributed by atoms with Crippen LogP contribution in [0.5, 0.6) is 0 Å². The van der Waals surface area contributed by atoms with Crippen LogP contribution in [0.3, 0.4) is 0 Å². The third-order valence-corrected chi connectivity index (χ3v) is 0.676. The molecule has 0 N–H and O–H groups in total. The van der Waals surface area contributed by atoms with Crippen LogP contribution in [0.15, 0.2) is 17.3 Å². The van der Waals surface area contributed by atoms with Gasteiger partial charge < -0.3 is 4.84 Å². The molecule has 0 spiro atoms. The summed E-state index contributed by atoms with van der Waals surface area (Å²) >= 11 is 0. The number of rotatable bonds is 0. The van der Waals surface area contributed by atoms with Gasteiger partial charge in [0.1, 0.15) is 12.8 Å². The first-order valence-corrected chi connectivity index (χ1v) is 2.20. The summed E-state index contributed by atoms with van der Waals surface area (Å²) in [5.74, 6) is 0. The minimum Gasteiger partial charge on any atom is -0.391 e. The fourth-order valence-electron chi connectivity index (χ4n) is 0.367. The number of hydrogen-bond donors (Lipinski definition) is 0. The molecule has 0 aliphatic carbocycles. The van der Waals surface area contributed by atoms with Gasteiger partial charge in [0.2, 0.25) is 0 Å². The second-order valence-corrected chi connectivity index (χ2v) is 1.22. The largest absolute Gasteiger partial charge is 0.391 e. The topological polar surface area (TPSA) is 21.6 Å². The van der Waals surface area contributed by atoms with Crippen LogP contribution in [0, 0.1) is 0 Å². The molecular formula is C5H6NO. The summed E-state index contributed by atoms with van der Waals surface area (Å²) in [6.07, 6.45) is 7.33. The average molecular weight is 96.1 g/mol. The minimum absolute atomic E-state index is 0.590. The predicted octanol–water partition coefficient (Wildman–Crippen LogP) is 0.826. The van der Waals surface area contributed by atoms with E-state index in [0.29, 0.717) is 6.61 Å². The Morgan fingerprint density at radius 3 is 3.57 bits per heavy atom. The summed E-state index contributed by atoms with van der Waals surface area (Å²) in [5, 5.41) is 3.46. The molecule has 7 heavy (non-hydrogen) atoms. The van der Waals surface area contributed by atoms with Crippen molar-refractivity contribution in [3.05, 3.63) is 12.2 Å². The zero-order valence-electron chi connectivity index (χ0n) is 3.92. The second-order valence-electron chi connectivity index (χ2n) is 1.22. The SMILES string of the molecule is [C]1=NOCC=CC1. The van der Waals surface area contributed by atoms with Crippen LogP contribution in [0.1, 0.15) is 6.42 Å². The maximum Gasteiger partial charge on any atom is 0.135 e.